The van der Waals surface area contributed by atoms with E-state index in [2.05, 4.69) is 4.72 Å². The normalized spacial score (nSPS) is 14.6. The average Bonchev–Trinajstić information content (AvgIpc) is 2.58. The van der Waals surface area contributed by atoms with E-state index in [1.165, 1.54) is 19.1 Å². The number of carbonyl (C=O) groups excluding carboxylic acids is 1. The zero-order valence-electron chi connectivity index (χ0n) is 15.6. The molecular weight excluding hydrogens is 375 g/mol. The van der Waals surface area contributed by atoms with Gasteiger partial charge in [0.1, 0.15) is 0 Å². The standard InChI is InChI=1S/C20H22F3NO2S/c1-13(25)14-5-7-15(8-6-14)18(24-27(26)19(2,3)4)16-9-11-17(12-10-16)20(21,22)23/h5-12,18,24H,1-4H3/t18-,27?/m1/s1. The third-order valence-corrected chi connectivity index (χ3v) is 5.57. The van der Waals surface area contributed by atoms with Gasteiger partial charge in [0, 0.05) is 5.56 Å². The second-order valence-corrected chi connectivity index (χ2v) is 9.23. The van der Waals surface area contributed by atoms with E-state index in [9.17, 15) is 22.2 Å². The quantitative estimate of drug-likeness (QED) is 0.718. The Morgan fingerprint density at radius 1 is 0.926 bits per heavy atom. The highest BCUT2D eigenvalue weighted by atomic mass is 32.2. The van der Waals surface area contributed by atoms with Crippen molar-refractivity contribution in [2.45, 2.75) is 44.7 Å². The maximum atomic E-state index is 12.8. The van der Waals surface area contributed by atoms with Gasteiger partial charge in [-0.1, -0.05) is 36.4 Å². The van der Waals surface area contributed by atoms with Crippen LogP contribution in [-0.2, 0) is 17.2 Å². The lowest BCUT2D eigenvalue weighted by atomic mass is 9.97. The molecule has 0 bridgehead atoms. The molecule has 146 valence electrons. The molecule has 0 spiro atoms. The van der Waals surface area contributed by atoms with Crippen LogP contribution in [0.15, 0.2) is 48.5 Å². The van der Waals surface area contributed by atoms with E-state index >= 15 is 0 Å². The molecule has 2 aromatic rings. The molecule has 0 aromatic heterocycles. The molecule has 0 aliphatic heterocycles. The summed E-state index contributed by atoms with van der Waals surface area (Å²) in [5.74, 6) is -0.0844. The zero-order chi connectivity index (χ0) is 20.4. The van der Waals surface area contributed by atoms with Crippen LogP contribution < -0.4 is 4.72 Å². The SMILES string of the molecule is CC(=O)c1ccc([C@@H](NS(=O)C(C)(C)C)c2ccc(C(F)(F)F)cc2)cc1. The Hall–Kier alpha value is -1.99. The maximum Gasteiger partial charge on any atom is 0.416 e. The predicted octanol–water partition coefficient (Wildman–Crippen LogP) is 5.05. The van der Waals surface area contributed by atoms with Crippen LogP contribution in [0.3, 0.4) is 0 Å². The third-order valence-electron chi connectivity index (χ3n) is 4.00. The third kappa shape index (κ3) is 5.49. The summed E-state index contributed by atoms with van der Waals surface area (Å²) in [4.78, 5) is 11.5. The van der Waals surface area contributed by atoms with Crippen molar-refractivity contribution in [2.24, 2.45) is 0 Å². The fourth-order valence-corrected chi connectivity index (χ4v) is 3.23. The van der Waals surface area contributed by atoms with Gasteiger partial charge in [0.25, 0.3) is 0 Å². The molecule has 7 heteroatoms. The summed E-state index contributed by atoms with van der Waals surface area (Å²) in [6.45, 7) is 6.87. The van der Waals surface area contributed by atoms with E-state index in [1.807, 2.05) is 0 Å². The number of benzene rings is 2. The first-order chi connectivity index (χ1) is 12.4. The van der Waals surface area contributed by atoms with E-state index in [4.69, 9.17) is 0 Å². The number of hydrogen-bond donors (Lipinski definition) is 1. The van der Waals surface area contributed by atoms with E-state index < -0.39 is 33.5 Å². The molecule has 27 heavy (non-hydrogen) atoms. The van der Waals surface area contributed by atoms with Crippen molar-refractivity contribution in [2.75, 3.05) is 0 Å². The Morgan fingerprint density at radius 3 is 1.74 bits per heavy atom. The molecule has 0 amide bonds. The van der Waals surface area contributed by atoms with Crippen LogP contribution in [-0.4, -0.2) is 14.7 Å². The molecule has 0 heterocycles. The van der Waals surface area contributed by atoms with E-state index in [0.717, 1.165) is 12.1 Å². The van der Waals surface area contributed by atoms with Crippen LogP contribution >= 0.6 is 0 Å². The van der Waals surface area contributed by atoms with E-state index in [0.29, 0.717) is 16.7 Å². The topological polar surface area (TPSA) is 46.2 Å². The van der Waals surface area contributed by atoms with Crippen molar-refractivity contribution < 1.29 is 22.2 Å². The highest BCUT2D eigenvalue weighted by molar-refractivity contribution is 7.84. The molecule has 0 radical (unpaired) electrons. The number of ketones is 1. The Morgan fingerprint density at radius 2 is 1.37 bits per heavy atom. The molecule has 2 aromatic carbocycles. The lowest BCUT2D eigenvalue weighted by Gasteiger charge is -2.25. The first-order valence-electron chi connectivity index (χ1n) is 8.35. The van der Waals surface area contributed by atoms with E-state index in [1.54, 1.807) is 45.0 Å². The highest BCUT2D eigenvalue weighted by Gasteiger charge is 2.31. The first-order valence-corrected chi connectivity index (χ1v) is 9.50. The van der Waals surface area contributed by atoms with Crippen molar-refractivity contribution >= 4 is 16.8 Å². The summed E-state index contributed by atoms with van der Waals surface area (Å²) in [5.41, 5.74) is 1.05. The van der Waals surface area contributed by atoms with Gasteiger partial charge in [-0.05, 0) is 51.0 Å². The summed E-state index contributed by atoms with van der Waals surface area (Å²) in [5, 5.41) is 0. The predicted molar refractivity (Wildman–Crippen MR) is 101 cm³/mol. The molecule has 1 N–H and O–H groups in total. The zero-order valence-corrected chi connectivity index (χ0v) is 16.4. The summed E-state index contributed by atoms with van der Waals surface area (Å²) in [6.07, 6.45) is -4.42. The fraction of sp³-hybridized carbons (Fsp3) is 0.350. The fourth-order valence-electron chi connectivity index (χ4n) is 2.39. The minimum Gasteiger partial charge on any atom is -0.295 e. The van der Waals surface area contributed by atoms with Gasteiger partial charge in [0.15, 0.2) is 5.78 Å². The minimum atomic E-state index is -4.42. The molecule has 3 nitrogen and oxygen atoms in total. The number of rotatable bonds is 5. The van der Waals surface area contributed by atoms with Gasteiger partial charge in [0.2, 0.25) is 0 Å². The second kappa shape index (κ2) is 7.94. The van der Waals surface area contributed by atoms with Gasteiger partial charge in [0.05, 0.1) is 27.3 Å². The Kier molecular flexibility index (Phi) is 6.27. The monoisotopic (exact) mass is 397 g/mol. The number of Topliss-reactive ketones (excluding diaryl/α,β-unsaturated/α-hetero) is 1. The highest BCUT2D eigenvalue weighted by Crippen LogP contribution is 2.31. The van der Waals surface area contributed by atoms with Gasteiger partial charge in [-0.2, -0.15) is 13.2 Å². The van der Waals surface area contributed by atoms with Crippen LogP contribution in [0, 0.1) is 0 Å². The van der Waals surface area contributed by atoms with Gasteiger partial charge >= 0.3 is 6.18 Å². The second-order valence-electron chi connectivity index (χ2n) is 7.23. The van der Waals surface area contributed by atoms with Gasteiger partial charge in [-0.25, -0.2) is 8.93 Å². The molecule has 0 aliphatic rings. The van der Waals surface area contributed by atoms with Crippen LogP contribution in [0.4, 0.5) is 13.2 Å². The van der Waals surface area contributed by atoms with Gasteiger partial charge < -0.3 is 0 Å². The molecule has 0 fully saturated rings. The number of alkyl halides is 3. The number of nitrogens with one attached hydrogen (secondary N) is 1. The lowest BCUT2D eigenvalue weighted by Crippen LogP contribution is -2.36. The van der Waals surface area contributed by atoms with E-state index in [-0.39, 0.29) is 5.78 Å². The lowest BCUT2D eigenvalue weighted by molar-refractivity contribution is -0.137. The van der Waals surface area contributed by atoms with Crippen LogP contribution in [0.5, 0.6) is 0 Å². The summed E-state index contributed by atoms with van der Waals surface area (Å²) in [7, 11) is -1.44. The first kappa shape index (κ1) is 21.3. The molecule has 2 atom stereocenters. The minimum absolute atomic E-state index is 0.0844. The molecule has 2 rings (SSSR count). The average molecular weight is 397 g/mol. The summed E-state index contributed by atoms with van der Waals surface area (Å²) >= 11 is 0. The molecule has 1 unspecified atom stereocenters. The smallest absolute Gasteiger partial charge is 0.295 e. The Bertz CT molecular complexity index is 822. The van der Waals surface area contributed by atoms with Crippen LogP contribution in [0.2, 0.25) is 0 Å². The summed E-state index contributed by atoms with van der Waals surface area (Å²) < 4.78 is 53.5. The number of hydrogen-bond acceptors (Lipinski definition) is 2. The molecular formula is C20H22F3NO2S. The molecule has 0 aliphatic carbocycles. The van der Waals surface area contributed by atoms with Gasteiger partial charge in [-0.15, -0.1) is 0 Å². The maximum absolute atomic E-state index is 12.8. The van der Waals surface area contributed by atoms with Crippen LogP contribution in [0.1, 0.15) is 60.8 Å². The molecule has 0 saturated heterocycles. The number of carbonyl (C=O) groups is 1. The van der Waals surface area contributed by atoms with Crippen molar-refractivity contribution in [3.8, 4) is 0 Å². The number of halogens is 3. The Balaban J connectivity index is 2.43. The van der Waals surface area contributed by atoms with Crippen molar-refractivity contribution in [3.05, 3.63) is 70.8 Å². The van der Waals surface area contributed by atoms with Crippen molar-refractivity contribution in [1.29, 1.82) is 0 Å². The largest absolute Gasteiger partial charge is 0.416 e. The molecule has 0 saturated carbocycles. The Labute approximate surface area is 159 Å². The van der Waals surface area contributed by atoms with Crippen LogP contribution in [0.25, 0.3) is 0 Å². The van der Waals surface area contributed by atoms with Gasteiger partial charge in [-0.3, -0.25) is 4.79 Å². The van der Waals surface area contributed by atoms with Crippen molar-refractivity contribution in [3.63, 3.8) is 0 Å². The van der Waals surface area contributed by atoms with Crippen molar-refractivity contribution in [1.82, 2.24) is 4.72 Å². The summed E-state index contributed by atoms with van der Waals surface area (Å²) in [6, 6.07) is 10.9.